The minimum atomic E-state index is -3.46. The fraction of sp³-hybridized carbons (Fsp3) is 0.348. The quantitative estimate of drug-likeness (QED) is 0.580. The van der Waals surface area contributed by atoms with E-state index in [9.17, 15) is 13.2 Å². The van der Waals surface area contributed by atoms with Crippen molar-refractivity contribution in [1.82, 2.24) is 9.62 Å². The molecule has 0 radical (unpaired) electrons. The van der Waals surface area contributed by atoms with E-state index in [1.54, 1.807) is 31.2 Å². The van der Waals surface area contributed by atoms with Crippen LogP contribution in [0.4, 0.5) is 5.69 Å². The molecular weight excluding hydrogens is 414 g/mol. The molecule has 0 saturated carbocycles. The Kier molecular flexibility index (Phi) is 6.13. The van der Waals surface area contributed by atoms with Gasteiger partial charge in [0, 0.05) is 24.2 Å². The lowest BCUT2D eigenvalue weighted by Crippen LogP contribution is -2.39. The van der Waals surface area contributed by atoms with Crippen molar-refractivity contribution < 1.29 is 17.6 Å². The molecule has 1 aliphatic heterocycles. The van der Waals surface area contributed by atoms with Gasteiger partial charge in [-0.3, -0.25) is 10.1 Å². The normalized spacial score (nSPS) is 17.0. The average Bonchev–Trinajstić information content (AvgIpc) is 3.44. The molecule has 1 saturated heterocycles. The van der Waals surface area contributed by atoms with Crippen molar-refractivity contribution in [2.75, 3.05) is 18.4 Å². The van der Waals surface area contributed by atoms with Gasteiger partial charge in [-0.1, -0.05) is 18.2 Å². The third-order valence-electron chi connectivity index (χ3n) is 5.59. The van der Waals surface area contributed by atoms with Crippen molar-refractivity contribution in [2.45, 2.75) is 43.7 Å². The molecule has 1 fully saturated rings. The van der Waals surface area contributed by atoms with Gasteiger partial charge >= 0.3 is 0 Å². The van der Waals surface area contributed by atoms with Crippen LogP contribution in [0.25, 0.3) is 11.0 Å². The van der Waals surface area contributed by atoms with Crippen molar-refractivity contribution in [1.29, 1.82) is 0 Å². The number of sulfonamides is 1. The molecule has 0 spiro atoms. The number of carbonyl (C=O) groups is 1. The highest BCUT2D eigenvalue weighted by Gasteiger charge is 2.27. The lowest BCUT2D eigenvalue weighted by Gasteiger charge is -2.19. The van der Waals surface area contributed by atoms with Crippen LogP contribution >= 0.6 is 0 Å². The summed E-state index contributed by atoms with van der Waals surface area (Å²) in [4.78, 5) is 12.9. The van der Waals surface area contributed by atoms with Gasteiger partial charge < -0.3 is 9.73 Å². The molecular formula is C23H27N3O4S. The second-order valence-corrected chi connectivity index (χ2v) is 9.86. The first-order valence-corrected chi connectivity index (χ1v) is 11.9. The summed E-state index contributed by atoms with van der Waals surface area (Å²) >= 11 is 0. The van der Waals surface area contributed by atoms with Gasteiger partial charge in [-0.2, -0.15) is 4.31 Å². The first-order valence-electron chi connectivity index (χ1n) is 10.5. The third-order valence-corrected chi connectivity index (χ3v) is 7.50. The largest absolute Gasteiger partial charge is 0.459 e. The smallest absolute Gasteiger partial charge is 0.243 e. The van der Waals surface area contributed by atoms with E-state index in [1.165, 1.54) is 4.31 Å². The Balaban J connectivity index is 1.37. The summed E-state index contributed by atoms with van der Waals surface area (Å²) < 4.78 is 32.6. The predicted molar refractivity (Wildman–Crippen MR) is 120 cm³/mol. The van der Waals surface area contributed by atoms with E-state index in [0.29, 0.717) is 18.8 Å². The molecule has 8 heteroatoms. The molecule has 0 aliphatic carbocycles. The van der Waals surface area contributed by atoms with Crippen molar-refractivity contribution >= 4 is 32.6 Å². The van der Waals surface area contributed by atoms with Crippen LogP contribution in [0.15, 0.2) is 63.9 Å². The molecule has 0 unspecified atom stereocenters. The molecule has 4 rings (SSSR count). The number of amides is 1. The van der Waals surface area contributed by atoms with Crippen molar-refractivity contribution in [3.8, 4) is 0 Å². The van der Waals surface area contributed by atoms with Crippen LogP contribution < -0.4 is 10.6 Å². The molecule has 2 heterocycles. The maximum Gasteiger partial charge on any atom is 0.243 e. The van der Waals surface area contributed by atoms with Crippen LogP contribution in [0, 0.1) is 0 Å². The van der Waals surface area contributed by atoms with Gasteiger partial charge in [-0.25, -0.2) is 8.42 Å². The molecule has 1 aromatic heterocycles. The Bertz CT molecular complexity index is 1130. The first kappa shape index (κ1) is 21.5. The molecule has 0 bridgehead atoms. The Morgan fingerprint density at radius 3 is 2.39 bits per heavy atom. The summed E-state index contributed by atoms with van der Waals surface area (Å²) in [5.41, 5.74) is 1.36. The van der Waals surface area contributed by atoms with E-state index < -0.39 is 16.1 Å². The number of rotatable bonds is 7. The van der Waals surface area contributed by atoms with Crippen LogP contribution in [0.5, 0.6) is 0 Å². The second-order valence-electron chi connectivity index (χ2n) is 7.92. The minimum Gasteiger partial charge on any atom is -0.459 e. The molecule has 2 atom stereocenters. The fourth-order valence-corrected chi connectivity index (χ4v) is 5.30. The van der Waals surface area contributed by atoms with Crippen LogP contribution in [0.3, 0.4) is 0 Å². The molecule has 2 N–H and O–H groups in total. The van der Waals surface area contributed by atoms with Crippen molar-refractivity contribution in [2.24, 2.45) is 0 Å². The maximum atomic E-state index is 12.6. The molecule has 2 aromatic carbocycles. The highest BCUT2D eigenvalue weighted by Crippen LogP contribution is 2.24. The first-order chi connectivity index (χ1) is 14.8. The summed E-state index contributed by atoms with van der Waals surface area (Å²) in [5, 5.41) is 7.09. The predicted octanol–water partition coefficient (Wildman–Crippen LogP) is 3.90. The number of benzene rings is 2. The summed E-state index contributed by atoms with van der Waals surface area (Å²) in [6.45, 7) is 4.85. The summed E-state index contributed by atoms with van der Waals surface area (Å²) in [7, 11) is -3.46. The second kappa shape index (κ2) is 8.82. The topological polar surface area (TPSA) is 91.6 Å². The number of para-hydroxylation sites is 1. The Morgan fingerprint density at radius 2 is 1.71 bits per heavy atom. The van der Waals surface area contributed by atoms with Gasteiger partial charge in [0.1, 0.15) is 11.3 Å². The number of nitrogens with one attached hydrogen (secondary N) is 2. The molecule has 7 nitrogen and oxygen atoms in total. The van der Waals surface area contributed by atoms with E-state index in [1.807, 2.05) is 37.3 Å². The zero-order chi connectivity index (χ0) is 22.0. The number of fused-ring (bicyclic) bond motifs is 1. The van der Waals surface area contributed by atoms with E-state index in [4.69, 9.17) is 4.42 Å². The average molecular weight is 442 g/mol. The van der Waals surface area contributed by atoms with Gasteiger partial charge in [0.25, 0.3) is 0 Å². The maximum absolute atomic E-state index is 12.6. The van der Waals surface area contributed by atoms with Crippen LogP contribution in [0.2, 0.25) is 0 Å². The number of furan rings is 1. The Hall–Kier alpha value is -2.68. The number of nitrogens with zero attached hydrogens (tertiary/aromatic N) is 1. The van der Waals surface area contributed by atoms with E-state index in [2.05, 4.69) is 10.6 Å². The van der Waals surface area contributed by atoms with E-state index >= 15 is 0 Å². The molecule has 1 aliphatic rings. The number of carbonyl (C=O) groups excluding carboxylic acids is 1. The monoisotopic (exact) mass is 441 g/mol. The van der Waals surface area contributed by atoms with Crippen LogP contribution in [0.1, 0.15) is 38.5 Å². The molecule has 164 valence electrons. The highest BCUT2D eigenvalue weighted by atomic mass is 32.2. The summed E-state index contributed by atoms with van der Waals surface area (Å²) in [5.74, 6) is 0.551. The lowest BCUT2D eigenvalue weighted by atomic mass is 10.2. The van der Waals surface area contributed by atoms with Crippen LogP contribution in [-0.4, -0.2) is 37.8 Å². The minimum absolute atomic E-state index is 0.152. The Labute approximate surface area is 182 Å². The number of hydrogen-bond donors (Lipinski definition) is 2. The molecule has 3 aromatic rings. The zero-order valence-electron chi connectivity index (χ0n) is 17.7. The van der Waals surface area contributed by atoms with E-state index in [0.717, 1.165) is 29.6 Å². The summed E-state index contributed by atoms with van der Waals surface area (Å²) in [6, 6.07) is 15.4. The van der Waals surface area contributed by atoms with Gasteiger partial charge in [0.05, 0.1) is 17.0 Å². The van der Waals surface area contributed by atoms with Gasteiger partial charge in [0.15, 0.2) is 0 Å². The fourth-order valence-electron chi connectivity index (χ4n) is 3.79. The molecule has 31 heavy (non-hydrogen) atoms. The third kappa shape index (κ3) is 4.66. The number of hydrogen-bond acceptors (Lipinski definition) is 5. The SMILES string of the molecule is C[C@@H](N[C@H](C)c1cc2ccccc2o1)C(=O)Nc1ccc(S(=O)(=O)N2CCCC2)cc1. The zero-order valence-corrected chi connectivity index (χ0v) is 18.5. The van der Waals surface area contributed by atoms with Crippen molar-refractivity contribution in [3.05, 3.63) is 60.4 Å². The van der Waals surface area contributed by atoms with E-state index in [-0.39, 0.29) is 16.8 Å². The van der Waals surface area contributed by atoms with Crippen molar-refractivity contribution in [3.63, 3.8) is 0 Å². The van der Waals surface area contributed by atoms with Crippen LogP contribution in [-0.2, 0) is 14.8 Å². The number of anilines is 1. The lowest BCUT2D eigenvalue weighted by molar-refractivity contribution is -0.118. The standard InChI is InChI=1S/C23H27N3O4S/c1-16(22-15-18-7-3-4-8-21(18)30-22)24-17(2)23(27)25-19-9-11-20(12-10-19)31(28,29)26-13-5-6-14-26/h3-4,7-12,15-17,24H,5-6,13-14H2,1-2H3,(H,25,27)/t16-,17-/m1/s1. The Morgan fingerprint density at radius 1 is 1.03 bits per heavy atom. The van der Waals surface area contributed by atoms with Gasteiger partial charge in [-0.05, 0) is 63.1 Å². The summed E-state index contributed by atoms with van der Waals surface area (Å²) in [6.07, 6.45) is 1.79. The van der Waals surface area contributed by atoms with Gasteiger partial charge in [0.2, 0.25) is 15.9 Å². The highest BCUT2D eigenvalue weighted by molar-refractivity contribution is 7.89. The molecule has 1 amide bonds. The van der Waals surface area contributed by atoms with Gasteiger partial charge in [-0.15, -0.1) is 0 Å².